The first-order valence-corrected chi connectivity index (χ1v) is 10.7. The highest BCUT2D eigenvalue weighted by atomic mass is 32.2. The van der Waals surface area contributed by atoms with Gasteiger partial charge in [0.15, 0.2) is 0 Å². The van der Waals surface area contributed by atoms with E-state index in [1.54, 1.807) is 12.1 Å². The number of amides is 1. The molecule has 146 valence electrons. The summed E-state index contributed by atoms with van der Waals surface area (Å²) in [6, 6.07) is 14.6. The second kappa shape index (κ2) is 9.15. The molecule has 2 rings (SSSR count). The Morgan fingerprint density at radius 3 is 2.15 bits per heavy atom. The standard InChI is InChI=1S/C21H28N2O3S/c1-15(2)20(18-10-6-16(3)7-11-18)21(24)23-14-4-5-17-8-12-19(13-9-17)27(22,25)26/h6-13,15,20H,4-5,14H2,1-3H3,(H,23,24)(H2,22,25,26). The molecule has 0 aliphatic carbocycles. The first-order valence-electron chi connectivity index (χ1n) is 9.14. The molecule has 5 nitrogen and oxygen atoms in total. The zero-order valence-electron chi connectivity index (χ0n) is 16.1. The van der Waals surface area contributed by atoms with Gasteiger partial charge in [0, 0.05) is 6.54 Å². The number of benzene rings is 2. The van der Waals surface area contributed by atoms with E-state index in [2.05, 4.69) is 19.2 Å². The van der Waals surface area contributed by atoms with Gasteiger partial charge in [0.1, 0.15) is 0 Å². The fourth-order valence-corrected chi connectivity index (χ4v) is 3.59. The molecule has 2 aromatic rings. The van der Waals surface area contributed by atoms with Crippen molar-refractivity contribution in [2.75, 3.05) is 6.54 Å². The molecule has 1 unspecified atom stereocenters. The van der Waals surface area contributed by atoms with Gasteiger partial charge in [0.05, 0.1) is 10.8 Å². The second-order valence-corrected chi connectivity index (χ2v) is 8.78. The van der Waals surface area contributed by atoms with Crippen LogP contribution in [0.2, 0.25) is 0 Å². The van der Waals surface area contributed by atoms with Crippen LogP contribution in [0.3, 0.4) is 0 Å². The molecule has 0 aromatic heterocycles. The van der Waals surface area contributed by atoms with E-state index in [4.69, 9.17) is 5.14 Å². The lowest BCUT2D eigenvalue weighted by atomic mass is 9.87. The molecule has 3 N–H and O–H groups in total. The Kier molecular flexibility index (Phi) is 7.16. The third-order valence-electron chi connectivity index (χ3n) is 4.58. The van der Waals surface area contributed by atoms with E-state index in [-0.39, 0.29) is 22.6 Å². The van der Waals surface area contributed by atoms with Crippen molar-refractivity contribution in [3.8, 4) is 0 Å². The number of rotatable bonds is 8. The zero-order chi connectivity index (χ0) is 20.0. The molecule has 0 fully saturated rings. The van der Waals surface area contributed by atoms with Gasteiger partial charge in [-0.25, -0.2) is 13.6 Å². The van der Waals surface area contributed by atoms with Crippen LogP contribution in [-0.4, -0.2) is 20.9 Å². The van der Waals surface area contributed by atoms with Crippen LogP contribution in [0.4, 0.5) is 0 Å². The minimum Gasteiger partial charge on any atom is -0.356 e. The van der Waals surface area contributed by atoms with Gasteiger partial charge in [0.2, 0.25) is 15.9 Å². The number of hydrogen-bond acceptors (Lipinski definition) is 3. The lowest BCUT2D eigenvalue weighted by molar-refractivity contribution is -0.123. The van der Waals surface area contributed by atoms with Gasteiger partial charge in [-0.3, -0.25) is 4.79 Å². The summed E-state index contributed by atoms with van der Waals surface area (Å²) in [6.07, 6.45) is 1.53. The van der Waals surface area contributed by atoms with Gasteiger partial charge in [-0.2, -0.15) is 0 Å². The topological polar surface area (TPSA) is 89.3 Å². The minimum atomic E-state index is -3.66. The maximum Gasteiger partial charge on any atom is 0.238 e. The molecule has 0 spiro atoms. The summed E-state index contributed by atoms with van der Waals surface area (Å²) in [7, 11) is -3.66. The normalized spacial score (nSPS) is 12.8. The van der Waals surface area contributed by atoms with Crippen LogP contribution in [0.1, 0.15) is 42.9 Å². The number of primary sulfonamides is 1. The quantitative estimate of drug-likeness (QED) is 0.681. The van der Waals surface area contributed by atoms with Gasteiger partial charge in [-0.15, -0.1) is 0 Å². The molecule has 0 radical (unpaired) electrons. The molecule has 1 amide bonds. The van der Waals surface area contributed by atoms with Crippen LogP contribution < -0.4 is 10.5 Å². The lowest BCUT2D eigenvalue weighted by Crippen LogP contribution is -2.32. The minimum absolute atomic E-state index is 0.0402. The highest BCUT2D eigenvalue weighted by Crippen LogP contribution is 2.25. The number of carbonyl (C=O) groups excluding carboxylic acids is 1. The fraction of sp³-hybridized carbons (Fsp3) is 0.381. The summed E-state index contributed by atoms with van der Waals surface area (Å²) in [5, 5.41) is 8.12. The van der Waals surface area contributed by atoms with E-state index in [9.17, 15) is 13.2 Å². The molecule has 0 saturated heterocycles. The Hall–Kier alpha value is -2.18. The van der Waals surface area contributed by atoms with Crippen LogP contribution in [0.25, 0.3) is 0 Å². The fourth-order valence-electron chi connectivity index (χ4n) is 3.07. The number of nitrogens with two attached hydrogens (primary N) is 1. The zero-order valence-corrected chi connectivity index (χ0v) is 16.9. The third kappa shape index (κ3) is 6.19. The molecule has 0 heterocycles. The van der Waals surface area contributed by atoms with Crippen molar-refractivity contribution in [3.05, 3.63) is 65.2 Å². The summed E-state index contributed by atoms with van der Waals surface area (Å²) >= 11 is 0. The van der Waals surface area contributed by atoms with Gasteiger partial charge in [-0.05, 0) is 48.9 Å². The molecule has 0 aliphatic rings. The van der Waals surface area contributed by atoms with Crippen molar-refractivity contribution in [2.24, 2.45) is 11.1 Å². The number of aryl methyl sites for hydroxylation is 2. The Labute approximate surface area is 162 Å². The van der Waals surface area contributed by atoms with Crippen LogP contribution in [-0.2, 0) is 21.2 Å². The third-order valence-corrected chi connectivity index (χ3v) is 5.51. The van der Waals surface area contributed by atoms with Crippen LogP contribution >= 0.6 is 0 Å². The molecular formula is C21H28N2O3S. The van der Waals surface area contributed by atoms with Crippen molar-refractivity contribution in [3.63, 3.8) is 0 Å². The molecule has 0 aliphatic heterocycles. The molecule has 6 heteroatoms. The van der Waals surface area contributed by atoms with Crippen LogP contribution in [0.15, 0.2) is 53.4 Å². The van der Waals surface area contributed by atoms with Gasteiger partial charge in [-0.1, -0.05) is 55.8 Å². The predicted molar refractivity (Wildman–Crippen MR) is 108 cm³/mol. The maximum absolute atomic E-state index is 12.6. The number of sulfonamides is 1. The largest absolute Gasteiger partial charge is 0.356 e. The highest BCUT2D eigenvalue weighted by molar-refractivity contribution is 7.89. The average Bonchev–Trinajstić information content (AvgIpc) is 2.60. The summed E-state index contributed by atoms with van der Waals surface area (Å²) in [4.78, 5) is 12.8. The maximum atomic E-state index is 12.6. The lowest BCUT2D eigenvalue weighted by Gasteiger charge is -2.21. The van der Waals surface area contributed by atoms with Crippen molar-refractivity contribution >= 4 is 15.9 Å². The predicted octanol–water partition coefficient (Wildman–Crippen LogP) is 3.13. The number of carbonyl (C=O) groups is 1. The molecular weight excluding hydrogens is 360 g/mol. The number of hydrogen-bond donors (Lipinski definition) is 2. The smallest absolute Gasteiger partial charge is 0.238 e. The summed E-state index contributed by atoms with van der Waals surface area (Å²) in [5.74, 6) is 0.0801. The highest BCUT2D eigenvalue weighted by Gasteiger charge is 2.23. The van der Waals surface area contributed by atoms with Gasteiger partial charge < -0.3 is 5.32 Å². The number of nitrogens with one attached hydrogen (secondary N) is 1. The Balaban J connectivity index is 1.88. The SMILES string of the molecule is Cc1ccc(C(C(=O)NCCCc2ccc(S(N)(=O)=O)cc2)C(C)C)cc1. The van der Waals surface area contributed by atoms with E-state index in [0.29, 0.717) is 6.54 Å². The van der Waals surface area contributed by atoms with Gasteiger partial charge in [0.25, 0.3) is 0 Å². The molecule has 2 aromatic carbocycles. The van der Waals surface area contributed by atoms with E-state index in [1.165, 1.54) is 17.7 Å². The molecule has 27 heavy (non-hydrogen) atoms. The summed E-state index contributed by atoms with van der Waals surface area (Å²) in [5.41, 5.74) is 3.22. The van der Waals surface area contributed by atoms with Crippen molar-refractivity contribution < 1.29 is 13.2 Å². The average molecular weight is 389 g/mol. The van der Waals surface area contributed by atoms with E-state index < -0.39 is 10.0 Å². The summed E-state index contributed by atoms with van der Waals surface area (Å²) < 4.78 is 22.5. The molecule has 0 saturated carbocycles. The molecule has 0 bridgehead atoms. The molecule has 1 atom stereocenters. The van der Waals surface area contributed by atoms with Gasteiger partial charge >= 0.3 is 0 Å². The van der Waals surface area contributed by atoms with Crippen LogP contribution in [0, 0.1) is 12.8 Å². The van der Waals surface area contributed by atoms with E-state index in [0.717, 1.165) is 24.0 Å². The van der Waals surface area contributed by atoms with Crippen molar-refractivity contribution in [1.82, 2.24) is 5.32 Å². The second-order valence-electron chi connectivity index (χ2n) is 7.22. The van der Waals surface area contributed by atoms with E-state index in [1.807, 2.05) is 31.2 Å². The first kappa shape index (κ1) is 21.1. The Morgan fingerprint density at radius 2 is 1.63 bits per heavy atom. The first-order chi connectivity index (χ1) is 12.7. The summed E-state index contributed by atoms with van der Waals surface area (Å²) in [6.45, 7) is 6.71. The van der Waals surface area contributed by atoms with E-state index >= 15 is 0 Å². The van der Waals surface area contributed by atoms with Crippen molar-refractivity contribution in [2.45, 2.75) is 44.4 Å². The Bertz CT molecular complexity index is 857. The van der Waals surface area contributed by atoms with Crippen LogP contribution in [0.5, 0.6) is 0 Å². The Morgan fingerprint density at radius 1 is 1.04 bits per heavy atom. The monoisotopic (exact) mass is 388 g/mol. The van der Waals surface area contributed by atoms with Crippen molar-refractivity contribution in [1.29, 1.82) is 0 Å².